The number of aliphatic carboxylic acids is 1. The van der Waals surface area contributed by atoms with Crippen molar-refractivity contribution in [3.8, 4) is 0 Å². The zero-order valence-corrected chi connectivity index (χ0v) is 14.7. The van der Waals surface area contributed by atoms with Gasteiger partial charge in [-0.25, -0.2) is 0 Å². The third kappa shape index (κ3) is 3.09. The van der Waals surface area contributed by atoms with Crippen LogP contribution in [0.3, 0.4) is 0 Å². The summed E-state index contributed by atoms with van der Waals surface area (Å²) in [5.74, 6) is -0.678. The molecule has 0 spiro atoms. The third-order valence-corrected chi connectivity index (χ3v) is 6.02. The number of carboxylic acids is 1. The number of likely N-dealkylation sites (tertiary alicyclic amines) is 1. The first-order chi connectivity index (χ1) is 10.7. The van der Waals surface area contributed by atoms with Crippen molar-refractivity contribution in [3.05, 3.63) is 11.5 Å². The van der Waals surface area contributed by atoms with E-state index in [1.165, 1.54) is 5.47 Å². The largest absolute Gasteiger partial charge is 0.490 e. The van der Waals surface area contributed by atoms with Crippen LogP contribution in [0.25, 0.3) is 0 Å². The molecule has 6 heteroatoms. The fourth-order valence-corrected chi connectivity index (χ4v) is 3.84. The van der Waals surface area contributed by atoms with E-state index in [1.54, 1.807) is 0 Å². The molecular formula is C17H28BNO4. The van der Waals surface area contributed by atoms with Gasteiger partial charge in [-0.1, -0.05) is 6.08 Å². The second-order valence-electron chi connectivity index (χ2n) is 8.03. The molecule has 128 valence electrons. The van der Waals surface area contributed by atoms with Crippen LogP contribution in [0.4, 0.5) is 0 Å². The molecule has 2 atom stereocenters. The van der Waals surface area contributed by atoms with E-state index in [-0.39, 0.29) is 24.4 Å². The van der Waals surface area contributed by atoms with Gasteiger partial charge in [0.15, 0.2) is 0 Å². The average molecular weight is 321 g/mol. The van der Waals surface area contributed by atoms with Crippen LogP contribution >= 0.6 is 0 Å². The average Bonchev–Trinajstić information content (AvgIpc) is 3.02. The van der Waals surface area contributed by atoms with E-state index in [2.05, 4.69) is 38.7 Å². The van der Waals surface area contributed by atoms with Gasteiger partial charge in [0, 0.05) is 6.04 Å². The third-order valence-electron chi connectivity index (χ3n) is 6.02. The minimum atomic E-state index is -0.678. The highest BCUT2D eigenvalue weighted by Crippen LogP contribution is 2.40. The number of hydrogen-bond acceptors (Lipinski definition) is 4. The predicted octanol–water partition coefficient (Wildman–Crippen LogP) is 2.65. The van der Waals surface area contributed by atoms with E-state index in [4.69, 9.17) is 9.31 Å². The summed E-state index contributed by atoms with van der Waals surface area (Å²) in [5, 5.41) is 9.36. The first-order valence-corrected chi connectivity index (χ1v) is 8.74. The van der Waals surface area contributed by atoms with Crippen LogP contribution in [0, 0.1) is 0 Å². The maximum absolute atomic E-state index is 11.4. The van der Waals surface area contributed by atoms with Crippen molar-refractivity contribution in [1.29, 1.82) is 0 Å². The van der Waals surface area contributed by atoms with Crippen molar-refractivity contribution in [3.63, 3.8) is 0 Å². The summed E-state index contributed by atoms with van der Waals surface area (Å²) in [4.78, 5) is 13.6. The van der Waals surface area contributed by atoms with E-state index in [9.17, 15) is 9.90 Å². The van der Waals surface area contributed by atoms with Crippen molar-refractivity contribution in [2.75, 3.05) is 6.54 Å². The molecule has 0 radical (unpaired) electrons. The van der Waals surface area contributed by atoms with E-state index in [0.717, 1.165) is 38.6 Å². The Morgan fingerprint density at radius 1 is 1.26 bits per heavy atom. The summed E-state index contributed by atoms with van der Waals surface area (Å²) in [6.07, 6.45) is 6.78. The summed E-state index contributed by atoms with van der Waals surface area (Å²) < 4.78 is 12.3. The molecule has 0 aromatic carbocycles. The lowest BCUT2D eigenvalue weighted by Gasteiger charge is -2.33. The van der Waals surface area contributed by atoms with Gasteiger partial charge in [0.1, 0.15) is 6.04 Å². The van der Waals surface area contributed by atoms with E-state index in [1.807, 2.05) is 0 Å². The Morgan fingerprint density at radius 3 is 2.43 bits per heavy atom. The number of nitrogens with zero attached hydrogens (tertiary/aromatic N) is 1. The summed E-state index contributed by atoms with van der Waals surface area (Å²) >= 11 is 0. The first-order valence-electron chi connectivity index (χ1n) is 8.74. The number of hydrogen-bond donors (Lipinski definition) is 1. The van der Waals surface area contributed by atoms with Gasteiger partial charge in [0.05, 0.1) is 11.2 Å². The van der Waals surface area contributed by atoms with E-state index < -0.39 is 5.97 Å². The highest BCUT2D eigenvalue weighted by molar-refractivity contribution is 6.54. The summed E-state index contributed by atoms with van der Waals surface area (Å²) in [7, 11) is -0.255. The van der Waals surface area contributed by atoms with Gasteiger partial charge in [0.2, 0.25) is 0 Å². The second-order valence-corrected chi connectivity index (χ2v) is 8.03. The fourth-order valence-electron chi connectivity index (χ4n) is 3.84. The molecule has 3 rings (SSSR count). The van der Waals surface area contributed by atoms with Crippen molar-refractivity contribution in [2.45, 2.75) is 83.1 Å². The zero-order chi connectivity index (χ0) is 16.8. The van der Waals surface area contributed by atoms with Crippen molar-refractivity contribution < 1.29 is 19.2 Å². The van der Waals surface area contributed by atoms with Crippen LogP contribution in [-0.4, -0.2) is 52.9 Å². The summed E-state index contributed by atoms with van der Waals surface area (Å²) in [6, 6.07) is 0.0385. The van der Waals surface area contributed by atoms with Crippen LogP contribution in [0.5, 0.6) is 0 Å². The fraction of sp³-hybridized carbons (Fsp3) is 0.824. The Hall–Kier alpha value is -0.845. The molecule has 0 saturated carbocycles. The maximum atomic E-state index is 11.4. The van der Waals surface area contributed by atoms with E-state index >= 15 is 0 Å². The van der Waals surface area contributed by atoms with Crippen LogP contribution in [0.1, 0.15) is 59.8 Å². The number of allylic oxidation sites excluding steroid dienone is 1. The minimum Gasteiger partial charge on any atom is -0.480 e. The molecule has 0 aromatic heterocycles. The molecule has 0 amide bonds. The quantitative estimate of drug-likeness (QED) is 0.810. The van der Waals surface area contributed by atoms with Gasteiger partial charge >= 0.3 is 13.1 Å². The lowest BCUT2D eigenvalue weighted by Crippen LogP contribution is -2.44. The smallest absolute Gasteiger partial charge is 0.480 e. The van der Waals surface area contributed by atoms with Crippen LogP contribution in [0.2, 0.25) is 0 Å². The molecule has 2 heterocycles. The maximum Gasteiger partial charge on any atom is 0.490 e. The summed E-state index contributed by atoms with van der Waals surface area (Å²) in [5.41, 5.74) is 0.600. The molecule has 2 fully saturated rings. The molecule has 2 aliphatic heterocycles. The normalized spacial score (nSPS) is 33.7. The molecule has 0 bridgehead atoms. The molecule has 0 aromatic rings. The Bertz CT molecular complexity index is 501. The van der Waals surface area contributed by atoms with Crippen LogP contribution in [-0.2, 0) is 14.1 Å². The first kappa shape index (κ1) is 17.0. The van der Waals surface area contributed by atoms with Crippen LogP contribution < -0.4 is 0 Å². The van der Waals surface area contributed by atoms with Gasteiger partial charge < -0.3 is 14.4 Å². The van der Waals surface area contributed by atoms with E-state index in [0.29, 0.717) is 6.04 Å². The Morgan fingerprint density at radius 2 is 1.91 bits per heavy atom. The second kappa shape index (κ2) is 5.90. The van der Waals surface area contributed by atoms with Gasteiger partial charge in [0.25, 0.3) is 0 Å². The number of carbonyl (C=O) groups is 1. The number of carboxylic acid groups (broad SMARTS) is 1. The Balaban J connectivity index is 1.64. The SMILES string of the molecule is CC1(C)OB(C2=CCC(N3CCC[C@H]3C(=O)O)CC2)OC1(C)C. The monoisotopic (exact) mass is 321 g/mol. The van der Waals surface area contributed by atoms with Crippen molar-refractivity contribution in [1.82, 2.24) is 4.90 Å². The highest BCUT2D eigenvalue weighted by Gasteiger charge is 2.52. The summed E-state index contributed by atoms with van der Waals surface area (Å²) in [6.45, 7) is 9.19. The van der Waals surface area contributed by atoms with Crippen LogP contribution in [0.15, 0.2) is 11.5 Å². The molecule has 2 saturated heterocycles. The predicted molar refractivity (Wildman–Crippen MR) is 89.2 cm³/mol. The number of rotatable bonds is 3. The Labute approximate surface area is 139 Å². The minimum absolute atomic E-state index is 0.255. The lowest BCUT2D eigenvalue weighted by molar-refractivity contribution is -0.143. The lowest BCUT2D eigenvalue weighted by atomic mass is 9.71. The van der Waals surface area contributed by atoms with Crippen molar-refractivity contribution in [2.24, 2.45) is 0 Å². The zero-order valence-electron chi connectivity index (χ0n) is 14.7. The molecule has 3 aliphatic rings. The molecule has 5 nitrogen and oxygen atoms in total. The highest BCUT2D eigenvalue weighted by atomic mass is 16.7. The van der Waals surface area contributed by atoms with Gasteiger partial charge in [-0.3, -0.25) is 9.69 Å². The Kier molecular flexibility index (Phi) is 4.36. The molecule has 1 unspecified atom stereocenters. The standard InChI is InChI=1S/C17H28BNO4/c1-16(2)17(3,4)23-18(22-16)12-7-9-13(10-8-12)19-11-5-6-14(19)15(20)21/h7,13-14H,5-6,8-11H2,1-4H3,(H,20,21)/t13?,14-/m0/s1. The van der Waals surface area contributed by atoms with Gasteiger partial charge in [-0.15, -0.1) is 0 Å². The van der Waals surface area contributed by atoms with Crippen molar-refractivity contribution >= 4 is 13.1 Å². The molecule has 1 N–H and O–H groups in total. The molecular weight excluding hydrogens is 293 g/mol. The van der Waals surface area contributed by atoms with Gasteiger partial charge in [-0.05, 0) is 71.8 Å². The molecule has 23 heavy (non-hydrogen) atoms. The molecule has 1 aliphatic carbocycles. The topological polar surface area (TPSA) is 59.0 Å². The van der Waals surface area contributed by atoms with Gasteiger partial charge in [-0.2, -0.15) is 0 Å².